The van der Waals surface area contributed by atoms with Crippen LogP contribution in [-0.2, 0) is 0 Å². The van der Waals surface area contributed by atoms with Crippen molar-refractivity contribution in [1.29, 1.82) is 0 Å². The normalized spacial score (nSPS) is 11.4. The third kappa shape index (κ3) is 5.31. The molecule has 0 saturated heterocycles. The maximum absolute atomic E-state index is 2.31. The van der Waals surface area contributed by atoms with E-state index in [4.69, 9.17) is 0 Å². The molecule has 0 aromatic heterocycles. The molecular weight excluding hydrogens is 434 g/mol. The van der Waals surface area contributed by atoms with Gasteiger partial charge >= 0.3 is 0 Å². The number of hydrogen-bond acceptors (Lipinski definition) is 1. The summed E-state index contributed by atoms with van der Waals surface area (Å²) >= 11 is 0. The molecule has 5 aromatic carbocycles. The first-order chi connectivity index (χ1) is 17.6. The summed E-state index contributed by atoms with van der Waals surface area (Å²) in [6, 6.07) is 45.7. The minimum absolute atomic E-state index is 1.14. The van der Waals surface area contributed by atoms with E-state index in [1.54, 1.807) is 0 Å². The van der Waals surface area contributed by atoms with Gasteiger partial charge in [0.25, 0.3) is 0 Å². The largest absolute Gasteiger partial charge is 0.311 e. The quantitative estimate of drug-likeness (QED) is 0.226. The van der Waals surface area contributed by atoms with Crippen LogP contribution in [0.4, 0.5) is 17.1 Å². The highest BCUT2D eigenvalue weighted by molar-refractivity contribution is 5.91. The Bertz CT molecular complexity index is 1400. The van der Waals surface area contributed by atoms with Crippen LogP contribution >= 0.6 is 0 Å². The predicted molar refractivity (Wildman–Crippen MR) is 155 cm³/mol. The standard InChI is InChI=1S/C35H31N/c1-26-9-17-31(18-10-26)35(30-7-5-4-6-8-30)25-29-15-23-34(24-16-29)36(32-19-11-27(2)12-20-32)33-21-13-28(3)14-22-33/h4-25H,1-3H3/b35-25+. The van der Waals surface area contributed by atoms with Gasteiger partial charge in [-0.2, -0.15) is 0 Å². The molecule has 0 saturated carbocycles. The summed E-state index contributed by atoms with van der Waals surface area (Å²) < 4.78 is 0. The maximum atomic E-state index is 2.31. The smallest absolute Gasteiger partial charge is 0.0462 e. The summed E-state index contributed by atoms with van der Waals surface area (Å²) in [6.45, 7) is 6.38. The molecule has 5 rings (SSSR count). The molecule has 0 atom stereocenters. The number of anilines is 3. The van der Waals surface area contributed by atoms with Gasteiger partial charge in [-0.15, -0.1) is 0 Å². The van der Waals surface area contributed by atoms with Gasteiger partial charge in [-0.05, 0) is 85.5 Å². The Morgan fingerprint density at radius 1 is 0.444 bits per heavy atom. The Labute approximate surface area is 215 Å². The molecule has 0 aliphatic rings. The highest BCUT2D eigenvalue weighted by Crippen LogP contribution is 2.35. The van der Waals surface area contributed by atoms with Gasteiger partial charge in [0.15, 0.2) is 0 Å². The van der Waals surface area contributed by atoms with Crippen LogP contribution < -0.4 is 4.90 Å². The van der Waals surface area contributed by atoms with Gasteiger partial charge in [-0.3, -0.25) is 0 Å². The zero-order chi connectivity index (χ0) is 24.9. The molecule has 0 bridgehead atoms. The van der Waals surface area contributed by atoms with Gasteiger partial charge in [0.05, 0.1) is 0 Å². The van der Waals surface area contributed by atoms with E-state index >= 15 is 0 Å². The zero-order valence-corrected chi connectivity index (χ0v) is 21.1. The molecular formula is C35H31N. The Hall–Kier alpha value is -4.36. The lowest BCUT2D eigenvalue weighted by molar-refractivity contribution is 1.27. The zero-order valence-electron chi connectivity index (χ0n) is 21.1. The number of nitrogens with zero attached hydrogens (tertiary/aromatic N) is 1. The second-order valence-electron chi connectivity index (χ2n) is 9.39. The lowest BCUT2D eigenvalue weighted by Crippen LogP contribution is -2.09. The van der Waals surface area contributed by atoms with E-state index in [-0.39, 0.29) is 0 Å². The van der Waals surface area contributed by atoms with Crippen molar-refractivity contribution in [3.63, 3.8) is 0 Å². The van der Waals surface area contributed by atoms with Crippen molar-refractivity contribution in [2.75, 3.05) is 4.90 Å². The summed E-state index contributed by atoms with van der Waals surface area (Å²) in [5, 5.41) is 0. The van der Waals surface area contributed by atoms with Crippen molar-refractivity contribution in [3.8, 4) is 0 Å². The topological polar surface area (TPSA) is 3.24 Å². The minimum atomic E-state index is 1.14. The fourth-order valence-corrected chi connectivity index (χ4v) is 4.41. The van der Waals surface area contributed by atoms with Crippen molar-refractivity contribution in [2.45, 2.75) is 20.8 Å². The lowest BCUT2D eigenvalue weighted by atomic mass is 9.95. The summed E-state index contributed by atoms with van der Waals surface area (Å²) in [5.74, 6) is 0. The highest BCUT2D eigenvalue weighted by atomic mass is 15.1. The molecule has 0 radical (unpaired) electrons. The van der Waals surface area contributed by atoms with Crippen LogP contribution in [0.5, 0.6) is 0 Å². The SMILES string of the molecule is Cc1ccc(/C(=C/c2ccc(N(c3ccc(C)cc3)c3ccc(C)cc3)cc2)c2ccccc2)cc1. The van der Waals surface area contributed by atoms with E-state index in [0.29, 0.717) is 0 Å². The molecule has 0 heterocycles. The van der Waals surface area contributed by atoms with Crippen LogP contribution in [0.15, 0.2) is 127 Å². The summed E-state index contributed by atoms with van der Waals surface area (Å²) in [6.07, 6.45) is 2.28. The van der Waals surface area contributed by atoms with Gasteiger partial charge in [-0.1, -0.05) is 108 Å². The van der Waals surface area contributed by atoms with Crippen LogP contribution in [-0.4, -0.2) is 0 Å². The van der Waals surface area contributed by atoms with Crippen molar-refractivity contribution in [2.24, 2.45) is 0 Å². The van der Waals surface area contributed by atoms with E-state index in [2.05, 4.69) is 159 Å². The van der Waals surface area contributed by atoms with Gasteiger partial charge in [0.2, 0.25) is 0 Å². The molecule has 0 spiro atoms. The van der Waals surface area contributed by atoms with Crippen LogP contribution in [0.3, 0.4) is 0 Å². The number of hydrogen-bond donors (Lipinski definition) is 0. The average Bonchev–Trinajstić information content (AvgIpc) is 2.91. The first-order valence-electron chi connectivity index (χ1n) is 12.4. The maximum Gasteiger partial charge on any atom is 0.0462 e. The van der Waals surface area contributed by atoms with Crippen molar-refractivity contribution >= 4 is 28.7 Å². The van der Waals surface area contributed by atoms with E-state index < -0.39 is 0 Å². The molecule has 5 aromatic rings. The van der Waals surface area contributed by atoms with Crippen molar-refractivity contribution in [3.05, 3.63) is 161 Å². The van der Waals surface area contributed by atoms with Crippen LogP contribution in [0.2, 0.25) is 0 Å². The molecule has 36 heavy (non-hydrogen) atoms. The second-order valence-corrected chi connectivity index (χ2v) is 9.39. The van der Waals surface area contributed by atoms with Crippen molar-refractivity contribution < 1.29 is 0 Å². The molecule has 0 aliphatic heterocycles. The molecule has 0 unspecified atom stereocenters. The predicted octanol–water partition coefficient (Wildman–Crippen LogP) is 9.67. The fraction of sp³-hybridized carbons (Fsp3) is 0.0857. The van der Waals surface area contributed by atoms with Crippen LogP contribution in [0.25, 0.3) is 11.6 Å². The Balaban J connectivity index is 1.55. The molecule has 0 amide bonds. The first kappa shape index (κ1) is 23.4. The number of aryl methyl sites for hydroxylation is 3. The molecule has 0 aliphatic carbocycles. The molecule has 176 valence electrons. The third-order valence-electron chi connectivity index (χ3n) is 6.49. The van der Waals surface area contributed by atoms with E-state index in [1.165, 1.54) is 39.0 Å². The molecule has 0 fully saturated rings. The highest BCUT2D eigenvalue weighted by Gasteiger charge is 2.12. The minimum Gasteiger partial charge on any atom is -0.311 e. The summed E-state index contributed by atoms with van der Waals surface area (Å²) in [7, 11) is 0. The van der Waals surface area contributed by atoms with E-state index in [0.717, 1.165) is 17.1 Å². The first-order valence-corrected chi connectivity index (χ1v) is 12.4. The van der Waals surface area contributed by atoms with Crippen LogP contribution in [0, 0.1) is 20.8 Å². The number of rotatable bonds is 6. The summed E-state index contributed by atoms with van der Waals surface area (Å²) in [4.78, 5) is 2.31. The number of benzene rings is 5. The monoisotopic (exact) mass is 465 g/mol. The molecule has 0 N–H and O–H groups in total. The molecule has 1 nitrogen and oxygen atoms in total. The van der Waals surface area contributed by atoms with E-state index in [1.807, 2.05) is 0 Å². The van der Waals surface area contributed by atoms with Gasteiger partial charge in [0, 0.05) is 17.1 Å². The summed E-state index contributed by atoms with van der Waals surface area (Å²) in [5.41, 5.74) is 12.0. The third-order valence-corrected chi connectivity index (χ3v) is 6.49. The second kappa shape index (κ2) is 10.5. The Morgan fingerprint density at radius 3 is 1.31 bits per heavy atom. The lowest BCUT2D eigenvalue weighted by Gasteiger charge is -2.26. The van der Waals surface area contributed by atoms with Gasteiger partial charge < -0.3 is 4.90 Å². The Morgan fingerprint density at radius 2 is 0.833 bits per heavy atom. The van der Waals surface area contributed by atoms with E-state index in [9.17, 15) is 0 Å². The van der Waals surface area contributed by atoms with Gasteiger partial charge in [0.1, 0.15) is 0 Å². The average molecular weight is 466 g/mol. The fourth-order valence-electron chi connectivity index (χ4n) is 4.41. The van der Waals surface area contributed by atoms with Crippen LogP contribution in [0.1, 0.15) is 33.4 Å². The van der Waals surface area contributed by atoms with Crippen molar-refractivity contribution in [1.82, 2.24) is 0 Å². The Kier molecular flexibility index (Phi) is 6.82. The molecule has 1 heteroatoms. The van der Waals surface area contributed by atoms with Gasteiger partial charge in [-0.25, -0.2) is 0 Å².